The monoisotopic (exact) mass is 322 g/mol. The topological polar surface area (TPSA) is 72.2 Å². The minimum atomic E-state index is -0.416. The molecule has 0 bridgehead atoms. The van der Waals surface area contributed by atoms with Gasteiger partial charge >= 0.3 is 0 Å². The summed E-state index contributed by atoms with van der Waals surface area (Å²) < 4.78 is 0. The molecule has 0 aliphatic heterocycles. The summed E-state index contributed by atoms with van der Waals surface area (Å²) >= 11 is 1.54. The zero-order chi connectivity index (χ0) is 15.9. The van der Waals surface area contributed by atoms with E-state index in [0.717, 1.165) is 56.9 Å². The SMILES string of the molecule is CCCCCCC(=O)Nc1sc2c(c1C(N)=O)CCCCC2. The van der Waals surface area contributed by atoms with E-state index in [1.165, 1.54) is 11.3 Å². The van der Waals surface area contributed by atoms with Crippen molar-refractivity contribution in [2.24, 2.45) is 5.73 Å². The van der Waals surface area contributed by atoms with Crippen molar-refractivity contribution < 1.29 is 9.59 Å². The molecule has 122 valence electrons. The minimum absolute atomic E-state index is 0.00462. The van der Waals surface area contributed by atoms with Gasteiger partial charge in [-0.05, 0) is 37.7 Å². The van der Waals surface area contributed by atoms with E-state index in [1.54, 1.807) is 11.3 Å². The van der Waals surface area contributed by atoms with Gasteiger partial charge in [0.05, 0.1) is 5.56 Å². The first-order valence-corrected chi connectivity index (χ1v) is 9.19. The second kappa shape index (κ2) is 8.32. The first-order chi connectivity index (χ1) is 10.6. The summed E-state index contributed by atoms with van der Waals surface area (Å²) in [7, 11) is 0. The van der Waals surface area contributed by atoms with Gasteiger partial charge in [-0.3, -0.25) is 9.59 Å². The second-order valence-electron chi connectivity index (χ2n) is 5.99. The largest absolute Gasteiger partial charge is 0.365 e. The third-order valence-electron chi connectivity index (χ3n) is 4.18. The Kier molecular flexibility index (Phi) is 6.43. The van der Waals surface area contributed by atoms with Crippen molar-refractivity contribution in [1.29, 1.82) is 0 Å². The molecule has 2 rings (SSSR count). The first-order valence-electron chi connectivity index (χ1n) is 8.37. The van der Waals surface area contributed by atoms with Crippen molar-refractivity contribution in [3.8, 4) is 0 Å². The molecular weight excluding hydrogens is 296 g/mol. The molecule has 0 radical (unpaired) electrons. The van der Waals surface area contributed by atoms with E-state index in [4.69, 9.17) is 5.73 Å². The van der Waals surface area contributed by atoms with Crippen LogP contribution >= 0.6 is 11.3 Å². The molecule has 22 heavy (non-hydrogen) atoms. The molecule has 1 heterocycles. The molecule has 4 nitrogen and oxygen atoms in total. The Hall–Kier alpha value is -1.36. The van der Waals surface area contributed by atoms with Crippen LogP contribution in [0, 0.1) is 0 Å². The highest BCUT2D eigenvalue weighted by atomic mass is 32.1. The van der Waals surface area contributed by atoms with E-state index in [2.05, 4.69) is 12.2 Å². The summed E-state index contributed by atoms with van der Waals surface area (Å²) in [6.45, 7) is 2.15. The Bertz CT molecular complexity index is 537. The van der Waals surface area contributed by atoms with Crippen LogP contribution in [-0.2, 0) is 17.6 Å². The highest BCUT2D eigenvalue weighted by Gasteiger charge is 2.24. The lowest BCUT2D eigenvalue weighted by molar-refractivity contribution is -0.116. The van der Waals surface area contributed by atoms with Crippen molar-refractivity contribution >= 4 is 28.2 Å². The summed E-state index contributed by atoms with van der Waals surface area (Å²) in [5.74, 6) is -0.421. The molecule has 5 heteroatoms. The molecule has 0 saturated heterocycles. The zero-order valence-electron chi connectivity index (χ0n) is 13.4. The fourth-order valence-electron chi connectivity index (χ4n) is 2.99. The first kappa shape index (κ1) is 17.0. The van der Waals surface area contributed by atoms with Crippen LogP contribution in [0.2, 0.25) is 0 Å². The van der Waals surface area contributed by atoms with Crippen LogP contribution in [0.25, 0.3) is 0 Å². The van der Waals surface area contributed by atoms with Crippen LogP contribution in [0.3, 0.4) is 0 Å². The van der Waals surface area contributed by atoms with Crippen molar-refractivity contribution in [2.75, 3.05) is 5.32 Å². The van der Waals surface area contributed by atoms with E-state index in [0.29, 0.717) is 17.0 Å². The minimum Gasteiger partial charge on any atom is -0.365 e. The standard InChI is InChI=1S/C17H26N2O2S/c1-2-3-4-8-11-14(20)19-17-15(16(18)21)12-9-6-5-7-10-13(12)22-17/h2-11H2,1H3,(H2,18,21)(H,19,20). The molecule has 0 atom stereocenters. The van der Waals surface area contributed by atoms with Crippen LogP contribution in [-0.4, -0.2) is 11.8 Å². The molecule has 1 aliphatic rings. The van der Waals surface area contributed by atoms with Crippen LogP contribution < -0.4 is 11.1 Å². The third kappa shape index (κ3) is 4.32. The fraction of sp³-hybridized carbons (Fsp3) is 0.647. The van der Waals surface area contributed by atoms with Gasteiger partial charge in [-0.2, -0.15) is 0 Å². The van der Waals surface area contributed by atoms with Crippen LogP contribution in [0.15, 0.2) is 0 Å². The second-order valence-corrected chi connectivity index (χ2v) is 7.10. The lowest BCUT2D eigenvalue weighted by Crippen LogP contribution is -2.17. The summed E-state index contributed by atoms with van der Waals surface area (Å²) in [5.41, 5.74) is 7.20. The number of hydrogen-bond acceptors (Lipinski definition) is 3. The van der Waals surface area contributed by atoms with Crippen molar-refractivity contribution in [2.45, 2.75) is 71.1 Å². The van der Waals surface area contributed by atoms with Crippen molar-refractivity contribution in [3.63, 3.8) is 0 Å². The number of carbonyl (C=O) groups is 2. The molecule has 1 aliphatic carbocycles. The molecule has 0 aromatic carbocycles. The maximum absolute atomic E-state index is 12.1. The van der Waals surface area contributed by atoms with Crippen molar-refractivity contribution in [3.05, 3.63) is 16.0 Å². The normalized spacial score (nSPS) is 14.2. The zero-order valence-corrected chi connectivity index (χ0v) is 14.2. The molecule has 3 N–H and O–H groups in total. The Morgan fingerprint density at radius 3 is 2.64 bits per heavy atom. The van der Waals surface area contributed by atoms with Gasteiger partial charge in [0.25, 0.3) is 5.91 Å². The number of nitrogens with two attached hydrogens (primary N) is 1. The molecule has 0 fully saturated rings. The number of carbonyl (C=O) groups excluding carboxylic acids is 2. The molecule has 0 unspecified atom stereocenters. The Morgan fingerprint density at radius 2 is 1.91 bits per heavy atom. The molecule has 1 aromatic rings. The fourth-order valence-corrected chi connectivity index (χ4v) is 4.30. The Morgan fingerprint density at radius 1 is 1.14 bits per heavy atom. The number of hydrogen-bond donors (Lipinski definition) is 2. The van der Waals surface area contributed by atoms with E-state index in [1.807, 2.05) is 0 Å². The van der Waals surface area contributed by atoms with Gasteiger partial charge < -0.3 is 11.1 Å². The van der Waals surface area contributed by atoms with Gasteiger partial charge in [0.2, 0.25) is 5.91 Å². The molecule has 2 amide bonds. The van der Waals surface area contributed by atoms with E-state index in [9.17, 15) is 9.59 Å². The number of nitrogens with one attached hydrogen (secondary N) is 1. The van der Waals surface area contributed by atoms with Gasteiger partial charge in [0.15, 0.2) is 0 Å². The van der Waals surface area contributed by atoms with Crippen LogP contribution in [0.4, 0.5) is 5.00 Å². The number of anilines is 1. The maximum atomic E-state index is 12.1. The average molecular weight is 322 g/mol. The molecular formula is C17H26N2O2S. The molecule has 0 spiro atoms. The molecule has 1 aromatic heterocycles. The van der Waals surface area contributed by atoms with Crippen LogP contribution in [0.1, 0.15) is 79.1 Å². The Balaban J connectivity index is 2.07. The highest BCUT2D eigenvalue weighted by Crippen LogP contribution is 2.37. The number of amides is 2. The summed E-state index contributed by atoms with van der Waals surface area (Å²) in [4.78, 5) is 25.1. The number of primary amides is 1. The van der Waals surface area contributed by atoms with Gasteiger partial charge in [-0.15, -0.1) is 11.3 Å². The predicted molar refractivity (Wildman–Crippen MR) is 91.5 cm³/mol. The highest BCUT2D eigenvalue weighted by molar-refractivity contribution is 7.17. The maximum Gasteiger partial charge on any atom is 0.251 e. The van der Waals surface area contributed by atoms with E-state index < -0.39 is 5.91 Å². The number of fused-ring (bicyclic) bond motifs is 1. The number of unbranched alkanes of at least 4 members (excludes halogenated alkanes) is 3. The van der Waals surface area contributed by atoms with Crippen molar-refractivity contribution in [1.82, 2.24) is 0 Å². The number of thiophene rings is 1. The molecule has 0 saturated carbocycles. The van der Waals surface area contributed by atoms with Gasteiger partial charge in [-0.1, -0.05) is 32.6 Å². The number of rotatable bonds is 7. The Labute approximate surface area is 136 Å². The van der Waals surface area contributed by atoms with Gasteiger partial charge in [-0.25, -0.2) is 0 Å². The van der Waals surface area contributed by atoms with Gasteiger partial charge in [0, 0.05) is 11.3 Å². The summed E-state index contributed by atoms with van der Waals surface area (Å²) in [6.07, 6.45) is 10.1. The predicted octanol–water partition coefficient (Wildman–Crippen LogP) is 4.02. The number of aryl methyl sites for hydroxylation is 1. The smallest absolute Gasteiger partial charge is 0.251 e. The lowest BCUT2D eigenvalue weighted by Gasteiger charge is -2.06. The average Bonchev–Trinajstić information content (AvgIpc) is 2.65. The van der Waals surface area contributed by atoms with E-state index >= 15 is 0 Å². The lowest BCUT2D eigenvalue weighted by atomic mass is 10.1. The summed E-state index contributed by atoms with van der Waals surface area (Å²) in [5, 5.41) is 3.59. The quantitative estimate of drug-likeness (QED) is 0.588. The summed E-state index contributed by atoms with van der Waals surface area (Å²) in [6, 6.07) is 0. The van der Waals surface area contributed by atoms with E-state index in [-0.39, 0.29) is 5.91 Å². The van der Waals surface area contributed by atoms with Crippen LogP contribution in [0.5, 0.6) is 0 Å². The third-order valence-corrected chi connectivity index (χ3v) is 5.39. The van der Waals surface area contributed by atoms with Gasteiger partial charge in [0.1, 0.15) is 5.00 Å².